The maximum atomic E-state index is 12.9. The predicted octanol–water partition coefficient (Wildman–Crippen LogP) is 1.74. The third-order valence-electron chi connectivity index (χ3n) is 2.22. The van der Waals surface area contributed by atoms with E-state index < -0.39 is 21.8 Å². The smallest absolute Gasteiger partial charge is 0.265 e. The maximum absolute atomic E-state index is 12.9. The maximum Gasteiger partial charge on any atom is 0.265 e. The van der Waals surface area contributed by atoms with Crippen molar-refractivity contribution in [3.05, 3.63) is 48.2 Å². The number of pyridine rings is 1. The molecule has 0 radical (unpaired) electrons. The third-order valence-corrected chi connectivity index (χ3v) is 3.64. The molecule has 0 aliphatic rings. The van der Waals surface area contributed by atoms with E-state index in [0.29, 0.717) is 0 Å². The van der Waals surface area contributed by atoms with Gasteiger partial charge in [-0.1, -0.05) is 6.07 Å². The normalized spacial score (nSPS) is 11.3. The van der Waals surface area contributed by atoms with Crippen molar-refractivity contribution in [2.24, 2.45) is 0 Å². The van der Waals surface area contributed by atoms with Crippen LogP contribution in [0.2, 0.25) is 0 Å². The van der Waals surface area contributed by atoms with Gasteiger partial charge in [-0.3, -0.25) is 4.72 Å². The van der Waals surface area contributed by atoms with Gasteiger partial charge in [-0.15, -0.1) is 0 Å². The molecule has 0 saturated heterocycles. The standard InChI is InChI=1S/C11H9F2N3O2S/c12-7-4-5-9(8(14)6-7)19(17,18)16-11-3-1-2-10(13)15-11/h1-6H,14H2,(H,15,16). The van der Waals surface area contributed by atoms with Gasteiger partial charge in [-0.05, 0) is 30.3 Å². The molecule has 2 rings (SSSR count). The number of benzene rings is 1. The number of nitrogens with zero attached hydrogens (tertiary/aromatic N) is 1. The van der Waals surface area contributed by atoms with Crippen molar-refractivity contribution in [3.8, 4) is 0 Å². The van der Waals surface area contributed by atoms with E-state index in [1.165, 1.54) is 12.1 Å². The second-order valence-corrected chi connectivity index (χ2v) is 5.28. The van der Waals surface area contributed by atoms with Crippen LogP contribution in [0.1, 0.15) is 0 Å². The molecule has 0 spiro atoms. The van der Waals surface area contributed by atoms with Crippen molar-refractivity contribution in [1.29, 1.82) is 0 Å². The van der Waals surface area contributed by atoms with Gasteiger partial charge < -0.3 is 5.73 Å². The third kappa shape index (κ3) is 2.97. The molecule has 1 aromatic heterocycles. The average molecular weight is 285 g/mol. The highest BCUT2D eigenvalue weighted by molar-refractivity contribution is 7.92. The molecule has 1 heterocycles. The Balaban J connectivity index is 2.38. The largest absolute Gasteiger partial charge is 0.398 e. The Labute approximate surface area is 108 Å². The number of nitrogens with one attached hydrogen (secondary N) is 1. The fraction of sp³-hybridized carbons (Fsp3) is 0. The van der Waals surface area contributed by atoms with Crippen LogP contribution in [0.3, 0.4) is 0 Å². The van der Waals surface area contributed by atoms with Gasteiger partial charge in [0, 0.05) is 0 Å². The first-order valence-electron chi connectivity index (χ1n) is 5.09. The Morgan fingerprint density at radius 1 is 1.16 bits per heavy atom. The zero-order valence-electron chi connectivity index (χ0n) is 9.47. The van der Waals surface area contributed by atoms with E-state index in [1.54, 1.807) is 0 Å². The molecule has 2 aromatic rings. The van der Waals surface area contributed by atoms with Crippen LogP contribution >= 0.6 is 0 Å². The molecule has 1 aromatic carbocycles. The summed E-state index contributed by atoms with van der Waals surface area (Å²) < 4.78 is 51.7. The fourth-order valence-corrected chi connectivity index (χ4v) is 2.54. The van der Waals surface area contributed by atoms with Crippen LogP contribution in [0.5, 0.6) is 0 Å². The summed E-state index contributed by atoms with van der Waals surface area (Å²) >= 11 is 0. The van der Waals surface area contributed by atoms with Gasteiger partial charge in [0.2, 0.25) is 5.95 Å². The van der Waals surface area contributed by atoms with Gasteiger partial charge >= 0.3 is 0 Å². The van der Waals surface area contributed by atoms with Crippen LogP contribution in [0.25, 0.3) is 0 Å². The summed E-state index contributed by atoms with van der Waals surface area (Å²) in [6, 6.07) is 6.52. The zero-order valence-corrected chi connectivity index (χ0v) is 10.3. The van der Waals surface area contributed by atoms with Crippen molar-refractivity contribution >= 4 is 21.5 Å². The minimum atomic E-state index is -4.05. The predicted molar refractivity (Wildman–Crippen MR) is 65.8 cm³/mol. The summed E-state index contributed by atoms with van der Waals surface area (Å²) in [5, 5.41) is 0. The molecular weight excluding hydrogens is 276 g/mol. The monoisotopic (exact) mass is 285 g/mol. The van der Waals surface area contributed by atoms with Crippen molar-refractivity contribution in [3.63, 3.8) is 0 Å². The number of anilines is 2. The highest BCUT2D eigenvalue weighted by Gasteiger charge is 2.18. The Bertz CT molecular complexity index is 720. The molecule has 0 amide bonds. The van der Waals surface area contributed by atoms with E-state index in [4.69, 9.17) is 5.73 Å². The molecule has 8 heteroatoms. The minimum Gasteiger partial charge on any atom is -0.398 e. The van der Waals surface area contributed by atoms with Gasteiger partial charge in [-0.2, -0.15) is 4.39 Å². The molecule has 0 unspecified atom stereocenters. The first kappa shape index (κ1) is 13.2. The molecule has 19 heavy (non-hydrogen) atoms. The van der Waals surface area contributed by atoms with E-state index in [-0.39, 0.29) is 16.4 Å². The van der Waals surface area contributed by atoms with Crippen LogP contribution in [0.4, 0.5) is 20.3 Å². The highest BCUT2D eigenvalue weighted by Crippen LogP contribution is 2.21. The number of hydrogen-bond donors (Lipinski definition) is 2. The second kappa shape index (κ2) is 4.81. The van der Waals surface area contributed by atoms with Crippen molar-refractivity contribution in [2.75, 3.05) is 10.5 Å². The lowest BCUT2D eigenvalue weighted by Gasteiger charge is -2.09. The van der Waals surface area contributed by atoms with Crippen LogP contribution < -0.4 is 10.5 Å². The van der Waals surface area contributed by atoms with Crippen molar-refractivity contribution in [1.82, 2.24) is 4.98 Å². The van der Waals surface area contributed by atoms with E-state index in [1.807, 2.05) is 0 Å². The van der Waals surface area contributed by atoms with E-state index in [0.717, 1.165) is 24.3 Å². The topological polar surface area (TPSA) is 85.1 Å². The van der Waals surface area contributed by atoms with Gasteiger partial charge in [0.05, 0.1) is 5.69 Å². The Kier molecular flexibility index (Phi) is 3.34. The lowest BCUT2D eigenvalue weighted by molar-refractivity contribution is 0.584. The zero-order chi connectivity index (χ0) is 14.0. The number of aromatic nitrogens is 1. The van der Waals surface area contributed by atoms with Gasteiger partial charge in [0.25, 0.3) is 10.0 Å². The molecule has 0 bridgehead atoms. The molecule has 0 fully saturated rings. The molecule has 0 atom stereocenters. The quantitative estimate of drug-likeness (QED) is 0.664. The molecule has 0 aliphatic carbocycles. The molecule has 5 nitrogen and oxygen atoms in total. The van der Waals surface area contributed by atoms with E-state index in [9.17, 15) is 17.2 Å². The van der Waals surface area contributed by atoms with Crippen LogP contribution in [-0.2, 0) is 10.0 Å². The molecule has 0 saturated carbocycles. The van der Waals surface area contributed by atoms with Gasteiger partial charge in [0.15, 0.2) is 0 Å². The molecule has 0 aliphatic heterocycles. The van der Waals surface area contributed by atoms with Gasteiger partial charge in [0.1, 0.15) is 16.5 Å². The first-order valence-corrected chi connectivity index (χ1v) is 6.57. The summed E-state index contributed by atoms with van der Waals surface area (Å²) in [5.74, 6) is -1.67. The summed E-state index contributed by atoms with van der Waals surface area (Å²) in [4.78, 5) is 3.05. The number of halogens is 2. The van der Waals surface area contributed by atoms with Crippen LogP contribution in [0, 0.1) is 11.8 Å². The number of sulfonamides is 1. The summed E-state index contributed by atoms with van der Waals surface area (Å²) in [6.45, 7) is 0. The van der Waals surface area contributed by atoms with Gasteiger partial charge in [-0.25, -0.2) is 17.8 Å². The molecular formula is C11H9F2N3O2S. The lowest BCUT2D eigenvalue weighted by Crippen LogP contribution is -2.16. The first-order chi connectivity index (χ1) is 8.88. The Morgan fingerprint density at radius 3 is 2.53 bits per heavy atom. The fourth-order valence-electron chi connectivity index (χ4n) is 1.42. The van der Waals surface area contributed by atoms with E-state index in [2.05, 4.69) is 9.71 Å². The Hall–Kier alpha value is -2.22. The number of hydrogen-bond acceptors (Lipinski definition) is 4. The number of nitrogen functional groups attached to an aromatic ring is 1. The number of rotatable bonds is 3. The average Bonchev–Trinajstić information content (AvgIpc) is 2.27. The highest BCUT2D eigenvalue weighted by atomic mass is 32.2. The SMILES string of the molecule is Nc1cc(F)ccc1S(=O)(=O)Nc1cccc(F)n1. The second-order valence-electron chi connectivity index (χ2n) is 3.63. The van der Waals surface area contributed by atoms with Crippen molar-refractivity contribution < 1.29 is 17.2 Å². The lowest BCUT2D eigenvalue weighted by atomic mass is 10.3. The number of nitrogens with two attached hydrogens (primary N) is 1. The minimum absolute atomic E-state index is 0.191. The van der Waals surface area contributed by atoms with Crippen LogP contribution in [-0.4, -0.2) is 13.4 Å². The van der Waals surface area contributed by atoms with E-state index >= 15 is 0 Å². The van der Waals surface area contributed by atoms with Crippen LogP contribution in [0.15, 0.2) is 41.3 Å². The Morgan fingerprint density at radius 2 is 1.89 bits per heavy atom. The summed E-state index contributed by atoms with van der Waals surface area (Å²) in [7, 11) is -4.05. The molecule has 100 valence electrons. The summed E-state index contributed by atoms with van der Waals surface area (Å²) in [6.07, 6.45) is 0. The summed E-state index contributed by atoms with van der Waals surface area (Å²) in [5.41, 5.74) is 5.19. The van der Waals surface area contributed by atoms with Crippen molar-refractivity contribution in [2.45, 2.75) is 4.90 Å². The molecule has 3 N–H and O–H groups in total.